The molecule has 66 valence electrons. The minimum absolute atomic E-state index is 0.149. The van der Waals surface area contributed by atoms with Crippen LogP contribution in [0, 0.1) is 0 Å². The van der Waals surface area contributed by atoms with Gasteiger partial charge in [0.2, 0.25) is 0 Å². The third-order valence-corrected chi connectivity index (χ3v) is 1.79. The van der Waals surface area contributed by atoms with Crippen molar-refractivity contribution in [3.05, 3.63) is 28.0 Å². The summed E-state index contributed by atoms with van der Waals surface area (Å²) in [6, 6.07) is 1.11. The van der Waals surface area contributed by atoms with Crippen LogP contribution in [0.25, 0.3) is 0 Å². The van der Waals surface area contributed by atoms with Gasteiger partial charge in [0.25, 0.3) is 5.92 Å². The van der Waals surface area contributed by atoms with Crippen molar-refractivity contribution in [1.29, 1.82) is 0 Å². The molecule has 12 heavy (non-hydrogen) atoms. The molecule has 0 bridgehead atoms. The summed E-state index contributed by atoms with van der Waals surface area (Å²) in [5.41, 5.74) is -0.350. The highest BCUT2D eigenvalue weighted by Crippen LogP contribution is 2.32. The lowest BCUT2D eigenvalue weighted by Gasteiger charge is -2.11. The van der Waals surface area contributed by atoms with Crippen molar-refractivity contribution in [1.82, 2.24) is 4.98 Å². The highest BCUT2D eigenvalue weighted by molar-refractivity contribution is 6.32. The number of nitrogens with zero attached hydrogens (tertiary/aromatic N) is 1. The number of rotatable bonds is 1. The predicted octanol–water partition coefficient (Wildman–Crippen LogP) is 3.50. The molecule has 0 saturated heterocycles. The molecule has 1 heterocycles. The Labute approximate surface area is 78.3 Å². The van der Waals surface area contributed by atoms with E-state index in [1.54, 1.807) is 0 Å². The van der Waals surface area contributed by atoms with Gasteiger partial charge < -0.3 is 0 Å². The van der Waals surface area contributed by atoms with Crippen LogP contribution >= 0.6 is 23.2 Å². The summed E-state index contributed by atoms with van der Waals surface area (Å²) >= 11 is 10.9. The molecule has 0 aliphatic carbocycles. The Hall–Kier alpha value is -0.410. The minimum atomic E-state index is -3.00. The smallest absolute Gasteiger partial charge is 0.242 e. The first-order valence-corrected chi connectivity index (χ1v) is 3.86. The van der Waals surface area contributed by atoms with Crippen molar-refractivity contribution in [2.24, 2.45) is 0 Å². The van der Waals surface area contributed by atoms with Crippen LogP contribution in [0.1, 0.15) is 12.5 Å². The molecule has 0 aliphatic heterocycles. The van der Waals surface area contributed by atoms with Crippen molar-refractivity contribution >= 4 is 23.2 Å². The Morgan fingerprint density at radius 2 is 2.00 bits per heavy atom. The van der Waals surface area contributed by atoms with Gasteiger partial charge >= 0.3 is 0 Å². The molecule has 0 spiro atoms. The van der Waals surface area contributed by atoms with Gasteiger partial charge in [-0.05, 0) is 6.07 Å². The van der Waals surface area contributed by atoms with E-state index in [9.17, 15) is 8.78 Å². The van der Waals surface area contributed by atoms with E-state index in [0.29, 0.717) is 0 Å². The Kier molecular flexibility index (Phi) is 2.54. The minimum Gasteiger partial charge on any atom is -0.242 e. The summed E-state index contributed by atoms with van der Waals surface area (Å²) in [6.45, 7) is 0.742. The second-order valence-corrected chi connectivity index (χ2v) is 3.17. The molecule has 0 fully saturated rings. The molecular weight excluding hydrogens is 207 g/mol. The van der Waals surface area contributed by atoms with Gasteiger partial charge in [-0.3, -0.25) is 0 Å². The maximum atomic E-state index is 12.7. The molecule has 0 aliphatic rings. The summed E-state index contributed by atoms with van der Waals surface area (Å²) in [4.78, 5) is 3.50. The topological polar surface area (TPSA) is 12.9 Å². The number of aromatic nitrogens is 1. The van der Waals surface area contributed by atoms with Gasteiger partial charge in [0, 0.05) is 13.1 Å². The summed E-state index contributed by atoms with van der Waals surface area (Å²) in [5, 5.41) is -0.0668. The molecule has 0 saturated carbocycles. The molecule has 1 aromatic heterocycles. The van der Waals surface area contributed by atoms with Gasteiger partial charge in [-0.25, -0.2) is 13.8 Å². The van der Waals surface area contributed by atoms with Gasteiger partial charge in [0.15, 0.2) is 0 Å². The SMILES string of the molecule is CC(F)(F)c1cc(Cl)cnc1Cl. The van der Waals surface area contributed by atoms with Gasteiger partial charge in [0.1, 0.15) is 5.15 Å². The Balaban J connectivity index is 3.23. The van der Waals surface area contributed by atoms with Gasteiger partial charge in [0.05, 0.1) is 10.6 Å². The summed E-state index contributed by atoms with van der Waals surface area (Å²) < 4.78 is 25.4. The van der Waals surface area contributed by atoms with E-state index < -0.39 is 5.92 Å². The van der Waals surface area contributed by atoms with Crippen LogP contribution in [0.5, 0.6) is 0 Å². The molecule has 0 unspecified atom stereocenters. The largest absolute Gasteiger partial charge is 0.273 e. The average molecular weight is 212 g/mol. The van der Waals surface area contributed by atoms with Crippen LogP contribution < -0.4 is 0 Å². The zero-order valence-corrected chi connectivity index (χ0v) is 7.63. The van der Waals surface area contributed by atoms with E-state index in [4.69, 9.17) is 23.2 Å². The zero-order chi connectivity index (χ0) is 9.35. The molecule has 0 N–H and O–H groups in total. The van der Waals surface area contributed by atoms with Crippen molar-refractivity contribution in [3.8, 4) is 0 Å². The highest BCUT2D eigenvalue weighted by Gasteiger charge is 2.28. The number of halogens is 4. The maximum absolute atomic E-state index is 12.7. The van der Waals surface area contributed by atoms with E-state index in [2.05, 4.69) is 4.98 Å². The first-order valence-electron chi connectivity index (χ1n) is 3.10. The van der Waals surface area contributed by atoms with Crippen molar-refractivity contribution in [2.75, 3.05) is 0 Å². The number of hydrogen-bond donors (Lipinski definition) is 0. The second kappa shape index (κ2) is 3.15. The standard InChI is InChI=1S/C7H5Cl2F2N/c1-7(10,11)5-2-4(8)3-12-6(5)9/h2-3H,1H3. The van der Waals surface area contributed by atoms with Crippen molar-refractivity contribution < 1.29 is 8.78 Å². The average Bonchev–Trinajstić information content (AvgIpc) is 1.92. The highest BCUT2D eigenvalue weighted by atomic mass is 35.5. The van der Waals surface area contributed by atoms with Gasteiger partial charge in [-0.2, -0.15) is 0 Å². The molecule has 0 aromatic carbocycles. The van der Waals surface area contributed by atoms with Crippen molar-refractivity contribution in [3.63, 3.8) is 0 Å². The molecule has 0 radical (unpaired) electrons. The number of alkyl halides is 2. The fourth-order valence-electron chi connectivity index (χ4n) is 0.730. The van der Waals surface area contributed by atoms with E-state index in [0.717, 1.165) is 13.0 Å². The summed E-state index contributed by atoms with van der Waals surface area (Å²) in [6.07, 6.45) is 1.22. The number of pyridine rings is 1. The normalized spacial score (nSPS) is 11.8. The molecule has 0 amide bonds. The fourth-order valence-corrected chi connectivity index (χ4v) is 1.16. The summed E-state index contributed by atoms with van der Waals surface area (Å²) in [7, 11) is 0. The second-order valence-electron chi connectivity index (χ2n) is 2.38. The quantitative estimate of drug-likeness (QED) is 0.649. The van der Waals surface area contributed by atoms with Crippen LogP contribution in [0.4, 0.5) is 8.78 Å². The van der Waals surface area contributed by atoms with E-state index in [1.807, 2.05) is 0 Å². The van der Waals surface area contributed by atoms with Crippen LogP contribution in [-0.4, -0.2) is 4.98 Å². The first-order chi connectivity index (χ1) is 5.41. The monoisotopic (exact) mass is 211 g/mol. The van der Waals surface area contributed by atoms with Gasteiger partial charge in [-0.1, -0.05) is 23.2 Å². The molecule has 0 atom stereocenters. The van der Waals surface area contributed by atoms with Crippen LogP contribution in [-0.2, 0) is 5.92 Å². The third kappa shape index (κ3) is 2.05. The molecule has 5 heteroatoms. The predicted molar refractivity (Wildman–Crippen MR) is 43.8 cm³/mol. The third-order valence-electron chi connectivity index (χ3n) is 1.28. The molecule has 1 rings (SSSR count). The lowest BCUT2D eigenvalue weighted by molar-refractivity contribution is 0.0172. The zero-order valence-electron chi connectivity index (χ0n) is 6.11. The summed E-state index contributed by atoms with van der Waals surface area (Å²) in [5.74, 6) is -3.00. The van der Waals surface area contributed by atoms with E-state index in [1.165, 1.54) is 6.20 Å². The van der Waals surface area contributed by atoms with Crippen molar-refractivity contribution in [2.45, 2.75) is 12.8 Å². The van der Waals surface area contributed by atoms with Gasteiger partial charge in [-0.15, -0.1) is 0 Å². The van der Waals surface area contributed by atoms with E-state index >= 15 is 0 Å². The molecular formula is C7H5Cl2F2N. The molecule has 1 nitrogen and oxygen atoms in total. The first kappa shape index (κ1) is 9.68. The van der Waals surface area contributed by atoms with Crippen LogP contribution in [0.15, 0.2) is 12.3 Å². The maximum Gasteiger partial charge on any atom is 0.273 e. The fraction of sp³-hybridized carbons (Fsp3) is 0.286. The molecule has 1 aromatic rings. The Morgan fingerprint density at radius 3 is 2.42 bits per heavy atom. The van der Waals surface area contributed by atoms with Crippen LogP contribution in [0.3, 0.4) is 0 Å². The Bertz CT molecular complexity index is 296. The Morgan fingerprint density at radius 1 is 1.42 bits per heavy atom. The van der Waals surface area contributed by atoms with E-state index in [-0.39, 0.29) is 15.7 Å². The lowest BCUT2D eigenvalue weighted by atomic mass is 10.2. The van der Waals surface area contributed by atoms with Crippen LogP contribution in [0.2, 0.25) is 10.2 Å². The number of hydrogen-bond acceptors (Lipinski definition) is 1. The lowest BCUT2D eigenvalue weighted by Crippen LogP contribution is -2.08.